The van der Waals surface area contributed by atoms with Gasteiger partial charge in [-0.3, -0.25) is 4.90 Å². The Morgan fingerprint density at radius 3 is 1.03 bits per heavy atom. The van der Waals surface area contributed by atoms with Crippen molar-refractivity contribution in [3.63, 3.8) is 0 Å². The maximum absolute atomic E-state index is 16.7. The highest BCUT2D eigenvalue weighted by Gasteiger charge is 2.57. The van der Waals surface area contributed by atoms with Crippen LogP contribution in [-0.4, -0.2) is 117 Å². The van der Waals surface area contributed by atoms with Gasteiger partial charge in [-0.2, -0.15) is 0 Å². The van der Waals surface area contributed by atoms with Gasteiger partial charge in [-0.25, -0.2) is 13.6 Å². The van der Waals surface area contributed by atoms with Crippen molar-refractivity contribution < 1.29 is 70.4 Å². The first-order valence-electron chi connectivity index (χ1n) is 30.7. The van der Waals surface area contributed by atoms with Gasteiger partial charge in [0.05, 0.1) is 65.4 Å². The summed E-state index contributed by atoms with van der Waals surface area (Å²) < 4.78 is 115. The van der Waals surface area contributed by atoms with Crippen molar-refractivity contribution in [3.05, 3.63) is 287 Å². The van der Waals surface area contributed by atoms with Crippen LogP contribution in [0.5, 0.6) is 0 Å². The molecule has 8 aromatic carbocycles. The number of carbonyl (C=O) groups excluding carboxylic acids is 1. The number of amides is 1. The van der Waals surface area contributed by atoms with Gasteiger partial charge in [0.25, 0.3) is 0 Å². The van der Waals surface area contributed by atoms with Gasteiger partial charge < -0.3 is 56.8 Å². The number of halogens is 2. The Kier molecular flexibility index (Phi) is 23.8. The molecule has 0 aromatic heterocycles. The third kappa shape index (κ3) is 17.7. The van der Waals surface area contributed by atoms with Crippen LogP contribution < -0.4 is 0 Å². The molecular weight excluding hydrogens is 1150 g/mol. The summed E-state index contributed by atoms with van der Waals surface area (Å²) in [5, 5.41) is 0. The smallest absolute Gasteiger partial charge is 0.410 e. The van der Waals surface area contributed by atoms with Gasteiger partial charge >= 0.3 is 6.09 Å². The van der Waals surface area contributed by atoms with Crippen molar-refractivity contribution in [1.82, 2.24) is 4.90 Å². The van der Waals surface area contributed by atoms with E-state index in [0.29, 0.717) is 0 Å². The topological polar surface area (TPSA) is 131 Å². The molecule has 0 bridgehead atoms. The molecule has 90 heavy (non-hydrogen) atoms. The summed E-state index contributed by atoms with van der Waals surface area (Å²) in [7, 11) is 0. The van der Waals surface area contributed by atoms with Gasteiger partial charge in [0.1, 0.15) is 81.0 Å². The molecule has 0 radical (unpaired) electrons. The highest BCUT2D eigenvalue weighted by molar-refractivity contribution is 5.69. The molecule has 0 spiro atoms. The van der Waals surface area contributed by atoms with Crippen LogP contribution in [0.2, 0.25) is 0 Å². The molecule has 1 amide bonds. The minimum atomic E-state index is -1.45. The number of alkyl halides is 2. The fourth-order valence-corrected chi connectivity index (χ4v) is 11.5. The average molecular weight is 1230 g/mol. The molecule has 8 aromatic rings. The Hall–Kier alpha value is -7.55. The molecule has 3 fully saturated rings. The Morgan fingerprint density at radius 1 is 0.356 bits per heavy atom. The predicted molar refractivity (Wildman–Crippen MR) is 332 cm³/mol. The summed E-state index contributed by atoms with van der Waals surface area (Å²) in [4.78, 5) is 16.2. The van der Waals surface area contributed by atoms with Crippen molar-refractivity contribution >= 4 is 6.09 Å². The lowest BCUT2D eigenvalue weighted by atomic mass is 9.96. The number of ether oxygens (including phenoxy) is 12. The number of hydrogen-bond donors (Lipinski definition) is 0. The second-order valence-electron chi connectivity index (χ2n) is 22.5. The quantitative estimate of drug-likeness (QED) is 0.0424. The Bertz CT molecular complexity index is 3300. The second-order valence-corrected chi connectivity index (χ2v) is 22.5. The normalized spacial score (nSPS) is 25.0. The van der Waals surface area contributed by atoms with E-state index in [-0.39, 0.29) is 66.0 Å². The van der Waals surface area contributed by atoms with Crippen molar-refractivity contribution in [2.45, 2.75) is 133 Å². The highest BCUT2D eigenvalue weighted by atomic mass is 19.1. The lowest BCUT2D eigenvalue weighted by Gasteiger charge is -2.50. The number of nitrogens with zero attached hydrogens (tertiary/aromatic N) is 1. The van der Waals surface area contributed by atoms with Gasteiger partial charge in [0, 0.05) is 0 Å². The van der Waals surface area contributed by atoms with Crippen molar-refractivity contribution in [1.29, 1.82) is 0 Å². The Balaban J connectivity index is 0.969. The minimum absolute atomic E-state index is 0.00612. The summed E-state index contributed by atoms with van der Waals surface area (Å²) in [5.41, 5.74) is 6.75. The van der Waals surface area contributed by atoms with Gasteiger partial charge in [-0.1, -0.05) is 243 Å². The van der Waals surface area contributed by atoms with E-state index < -0.39 is 99.1 Å². The van der Waals surface area contributed by atoms with Crippen LogP contribution in [0.4, 0.5) is 13.6 Å². The Morgan fingerprint density at radius 2 is 0.656 bits per heavy atom. The van der Waals surface area contributed by atoms with Crippen LogP contribution in [0.25, 0.3) is 0 Å². The summed E-state index contributed by atoms with van der Waals surface area (Å²) in [6.45, 7) is -1.43. The zero-order valence-electron chi connectivity index (χ0n) is 50.1. The fraction of sp³-hybridized carbons (Fsp3) is 0.338. The first kappa shape index (κ1) is 64.0. The van der Waals surface area contributed by atoms with E-state index in [1.807, 2.05) is 243 Å². The maximum Gasteiger partial charge on any atom is 0.410 e. The molecule has 3 aliphatic heterocycles. The number of benzene rings is 8. The number of rotatable bonds is 30. The first-order chi connectivity index (χ1) is 44.5. The largest absolute Gasteiger partial charge is 0.445 e. The van der Waals surface area contributed by atoms with E-state index in [1.165, 1.54) is 0 Å². The molecule has 0 aliphatic carbocycles. The first-order valence-corrected chi connectivity index (χ1v) is 30.7. The molecule has 16 heteroatoms. The molecule has 13 atom stereocenters. The summed E-state index contributed by atoms with van der Waals surface area (Å²) in [6.07, 6.45) is -15.0. The average Bonchev–Trinajstić information content (AvgIpc) is 1.15. The third-order valence-electron chi connectivity index (χ3n) is 16.2. The molecule has 0 unspecified atom stereocenters. The Labute approximate surface area is 525 Å². The second kappa shape index (κ2) is 33.5. The van der Waals surface area contributed by atoms with Crippen molar-refractivity contribution in [2.24, 2.45) is 0 Å². The molecule has 3 heterocycles. The lowest BCUT2D eigenvalue weighted by molar-refractivity contribution is -0.379. The summed E-state index contributed by atoms with van der Waals surface area (Å²) in [6, 6.07) is 75.8. The van der Waals surface area contributed by atoms with E-state index in [4.69, 9.17) is 56.8 Å². The molecule has 0 N–H and O–H groups in total. The van der Waals surface area contributed by atoms with E-state index in [0.717, 1.165) is 44.5 Å². The fourth-order valence-electron chi connectivity index (χ4n) is 11.5. The minimum Gasteiger partial charge on any atom is -0.445 e. The zero-order valence-corrected chi connectivity index (χ0v) is 50.1. The standard InChI is InChI=1S/C74H77F2NO13/c75-41-62-66(81-46-55-29-13-3-14-30-55)68(82-47-56-31-15-4-16-32-56)70(84-49-58-35-19-6-20-36-58)73(87-62)90-67-63(42-76)88-72(71(85-50-59-37-21-7-22-38-59)69(67)83-48-57-33-17-5-18-34-57)89-65-61(52-79-44-53-25-9-1-10-26-53)77(74(78)86-51-60-39-23-8-24-40-60)43-64(65)80-45-54-27-11-2-12-28-54/h1-40,61-73H,41-52H2/t61-,62+,63+,64-,65+,66+,67+,68-,69-,70+,71+,72+,73-/m0/s1. The number of carbonyl (C=O) groups is 1. The SMILES string of the molecule is O=C(OCc1ccccc1)N1C[C@H](OCc2ccccc2)[C@H](O[C@H]2O[C@H](CF)[C@@H](O[C@@H]3O[C@H](CF)[C@@H](OCc4ccccc4)[C@H](OCc4ccccc4)[C@H]3OCc3ccccc3)[C@H](OCc3ccccc3)[C@H]2OCc2ccccc2)[C@@H]1COCc1ccccc1. The number of likely N-dealkylation sites (tertiary alicyclic amines) is 1. The maximum atomic E-state index is 16.7. The predicted octanol–water partition coefficient (Wildman–Crippen LogP) is 12.9. The summed E-state index contributed by atoms with van der Waals surface area (Å²) in [5.74, 6) is 0. The van der Waals surface area contributed by atoms with E-state index >= 15 is 8.78 Å². The van der Waals surface area contributed by atoms with Gasteiger partial charge in [0.15, 0.2) is 12.6 Å². The molecule has 14 nitrogen and oxygen atoms in total. The van der Waals surface area contributed by atoms with Gasteiger partial charge in [-0.15, -0.1) is 0 Å². The van der Waals surface area contributed by atoms with Gasteiger partial charge in [-0.05, 0) is 44.5 Å². The van der Waals surface area contributed by atoms with Crippen LogP contribution in [0.15, 0.2) is 243 Å². The lowest BCUT2D eigenvalue weighted by Crippen LogP contribution is -2.66. The molecule has 470 valence electrons. The molecule has 11 rings (SSSR count). The molecule has 0 saturated carbocycles. The summed E-state index contributed by atoms with van der Waals surface area (Å²) >= 11 is 0. The van der Waals surface area contributed by atoms with Crippen molar-refractivity contribution in [2.75, 3.05) is 26.5 Å². The molecule has 3 saturated heterocycles. The van der Waals surface area contributed by atoms with E-state index in [9.17, 15) is 4.79 Å². The van der Waals surface area contributed by atoms with Crippen molar-refractivity contribution in [3.8, 4) is 0 Å². The molecular formula is C74H77F2NO13. The van der Waals surface area contributed by atoms with Crippen LogP contribution in [-0.2, 0) is 110 Å². The van der Waals surface area contributed by atoms with Crippen LogP contribution in [0.1, 0.15) is 44.5 Å². The zero-order chi connectivity index (χ0) is 61.5. The molecule has 3 aliphatic rings. The van der Waals surface area contributed by atoms with E-state index in [1.54, 1.807) is 4.90 Å². The van der Waals surface area contributed by atoms with Crippen LogP contribution in [0, 0.1) is 0 Å². The van der Waals surface area contributed by atoms with E-state index in [2.05, 4.69) is 0 Å². The van der Waals surface area contributed by atoms with Crippen LogP contribution in [0.3, 0.4) is 0 Å². The van der Waals surface area contributed by atoms with Crippen LogP contribution >= 0.6 is 0 Å². The highest BCUT2D eigenvalue weighted by Crippen LogP contribution is 2.39. The number of hydrogen-bond acceptors (Lipinski definition) is 13. The monoisotopic (exact) mass is 1230 g/mol. The van der Waals surface area contributed by atoms with Gasteiger partial charge in [0.2, 0.25) is 0 Å². The third-order valence-corrected chi connectivity index (χ3v) is 16.2.